The first kappa shape index (κ1) is 12.8. The summed E-state index contributed by atoms with van der Waals surface area (Å²) in [5.41, 5.74) is 1.56. The van der Waals surface area contributed by atoms with Gasteiger partial charge in [0.05, 0.1) is 19.3 Å². The van der Waals surface area contributed by atoms with Gasteiger partial charge >= 0.3 is 5.97 Å². The summed E-state index contributed by atoms with van der Waals surface area (Å²) < 4.78 is 5.65. The Morgan fingerprint density at radius 3 is 2.67 bits per heavy atom. The zero-order chi connectivity index (χ0) is 13.0. The molecule has 1 aromatic carbocycles. The molecule has 0 bridgehead atoms. The highest BCUT2D eigenvalue weighted by Gasteiger charge is 2.35. The zero-order valence-corrected chi connectivity index (χ0v) is 9.95. The number of aliphatic carboxylic acids is 1. The van der Waals surface area contributed by atoms with Gasteiger partial charge < -0.3 is 14.9 Å². The quantitative estimate of drug-likeness (QED) is 0.777. The van der Waals surface area contributed by atoms with Gasteiger partial charge in [-0.3, -0.25) is 4.79 Å². The molecular formula is C14H16O4. The van der Waals surface area contributed by atoms with E-state index in [-0.39, 0.29) is 12.7 Å². The summed E-state index contributed by atoms with van der Waals surface area (Å²) in [6.07, 6.45) is 1.92. The summed E-state index contributed by atoms with van der Waals surface area (Å²) in [4.78, 5) is 11.2. The minimum atomic E-state index is -0.939. The van der Waals surface area contributed by atoms with E-state index in [2.05, 4.69) is 0 Å². The number of hydrogen-bond donors (Lipinski definition) is 2. The number of aliphatic hydroxyl groups excluding tert-OH is 1. The molecule has 18 heavy (non-hydrogen) atoms. The third kappa shape index (κ3) is 2.78. The number of hydrogen-bond acceptors (Lipinski definition) is 3. The van der Waals surface area contributed by atoms with E-state index in [9.17, 15) is 4.79 Å². The van der Waals surface area contributed by atoms with Crippen molar-refractivity contribution in [1.82, 2.24) is 0 Å². The van der Waals surface area contributed by atoms with Crippen molar-refractivity contribution in [3.05, 3.63) is 47.5 Å². The molecule has 1 aromatic rings. The standard InChI is InChI=1S/C14H16O4/c15-8-11-6-7-12(13(11)14(16)17)18-9-10-4-2-1-3-5-10/h1-6,12-13,15H,7-9H2,(H,16,17). The van der Waals surface area contributed by atoms with Crippen LogP contribution in [0.25, 0.3) is 0 Å². The maximum atomic E-state index is 11.2. The summed E-state index contributed by atoms with van der Waals surface area (Å²) >= 11 is 0. The van der Waals surface area contributed by atoms with Crippen LogP contribution >= 0.6 is 0 Å². The van der Waals surface area contributed by atoms with Crippen molar-refractivity contribution in [1.29, 1.82) is 0 Å². The Balaban J connectivity index is 1.96. The summed E-state index contributed by atoms with van der Waals surface area (Å²) in [7, 11) is 0. The average molecular weight is 248 g/mol. The van der Waals surface area contributed by atoms with Gasteiger partial charge in [0.1, 0.15) is 5.92 Å². The van der Waals surface area contributed by atoms with Crippen LogP contribution in [0.15, 0.2) is 42.0 Å². The Kier molecular flexibility index (Phi) is 4.12. The SMILES string of the molecule is O=C(O)C1C(CO)=CCC1OCc1ccccc1. The number of carbonyl (C=O) groups is 1. The van der Waals surface area contributed by atoms with E-state index in [4.69, 9.17) is 14.9 Å². The highest BCUT2D eigenvalue weighted by Crippen LogP contribution is 2.29. The first-order chi connectivity index (χ1) is 8.72. The van der Waals surface area contributed by atoms with Gasteiger partial charge in [0.15, 0.2) is 0 Å². The largest absolute Gasteiger partial charge is 0.481 e. The van der Waals surface area contributed by atoms with Crippen molar-refractivity contribution in [3.63, 3.8) is 0 Å². The van der Waals surface area contributed by atoms with Crippen LogP contribution in [0, 0.1) is 5.92 Å². The van der Waals surface area contributed by atoms with Gasteiger partial charge in [0.2, 0.25) is 0 Å². The van der Waals surface area contributed by atoms with E-state index in [0.717, 1.165) is 5.56 Å². The molecule has 2 N–H and O–H groups in total. The van der Waals surface area contributed by atoms with Crippen LogP contribution in [0.1, 0.15) is 12.0 Å². The molecule has 2 rings (SSSR count). The first-order valence-corrected chi connectivity index (χ1v) is 5.90. The Labute approximate surface area is 106 Å². The van der Waals surface area contributed by atoms with E-state index in [1.54, 1.807) is 6.08 Å². The number of ether oxygens (including phenoxy) is 1. The van der Waals surface area contributed by atoms with Gasteiger partial charge in [0, 0.05) is 0 Å². The molecule has 0 saturated heterocycles. The Morgan fingerprint density at radius 1 is 1.33 bits per heavy atom. The normalized spacial score (nSPS) is 22.8. The molecule has 0 aliphatic heterocycles. The molecule has 0 radical (unpaired) electrons. The molecular weight excluding hydrogens is 232 g/mol. The number of benzene rings is 1. The van der Waals surface area contributed by atoms with Crippen LogP contribution in [-0.4, -0.2) is 28.9 Å². The number of carboxylic acid groups (broad SMARTS) is 1. The second-order valence-corrected chi connectivity index (χ2v) is 4.32. The fraction of sp³-hybridized carbons (Fsp3) is 0.357. The monoisotopic (exact) mass is 248 g/mol. The van der Waals surface area contributed by atoms with Crippen molar-refractivity contribution >= 4 is 5.97 Å². The summed E-state index contributed by atoms with van der Waals surface area (Å²) in [6.45, 7) is 0.171. The van der Waals surface area contributed by atoms with Crippen LogP contribution in [0.2, 0.25) is 0 Å². The number of rotatable bonds is 5. The minimum absolute atomic E-state index is 0.220. The zero-order valence-electron chi connectivity index (χ0n) is 9.95. The lowest BCUT2D eigenvalue weighted by Crippen LogP contribution is -2.29. The molecule has 2 atom stereocenters. The van der Waals surface area contributed by atoms with E-state index in [1.165, 1.54) is 0 Å². The lowest BCUT2D eigenvalue weighted by molar-refractivity contribution is -0.145. The van der Waals surface area contributed by atoms with Crippen molar-refractivity contribution in [2.24, 2.45) is 5.92 Å². The second kappa shape index (κ2) is 5.80. The van der Waals surface area contributed by atoms with Crippen LogP contribution < -0.4 is 0 Å². The van der Waals surface area contributed by atoms with Crippen LogP contribution in [0.4, 0.5) is 0 Å². The maximum Gasteiger partial charge on any atom is 0.313 e. The third-order valence-electron chi connectivity index (χ3n) is 3.14. The van der Waals surface area contributed by atoms with E-state index >= 15 is 0 Å². The fourth-order valence-corrected chi connectivity index (χ4v) is 2.19. The predicted octanol–water partition coefficient (Wildman–Crippen LogP) is 1.59. The lowest BCUT2D eigenvalue weighted by atomic mass is 10.00. The molecule has 4 nitrogen and oxygen atoms in total. The van der Waals surface area contributed by atoms with Crippen molar-refractivity contribution in [2.75, 3.05) is 6.61 Å². The molecule has 0 aromatic heterocycles. The molecule has 0 amide bonds. The van der Waals surface area contributed by atoms with E-state index < -0.39 is 11.9 Å². The summed E-state index contributed by atoms with van der Waals surface area (Å²) in [5.74, 6) is -1.66. The van der Waals surface area contributed by atoms with Crippen molar-refractivity contribution in [3.8, 4) is 0 Å². The van der Waals surface area contributed by atoms with E-state index in [1.807, 2.05) is 30.3 Å². The molecule has 0 heterocycles. The predicted molar refractivity (Wildman–Crippen MR) is 65.9 cm³/mol. The Bertz CT molecular complexity index is 438. The number of carboxylic acids is 1. The molecule has 1 aliphatic carbocycles. The molecule has 2 unspecified atom stereocenters. The van der Waals surface area contributed by atoms with E-state index in [0.29, 0.717) is 18.6 Å². The lowest BCUT2D eigenvalue weighted by Gasteiger charge is -2.19. The Morgan fingerprint density at radius 2 is 2.06 bits per heavy atom. The summed E-state index contributed by atoms with van der Waals surface area (Å²) in [5, 5.41) is 18.3. The second-order valence-electron chi connectivity index (χ2n) is 4.32. The van der Waals surface area contributed by atoms with Gasteiger partial charge in [-0.1, -0.05) is 36.4 Å². The molecule has 1 aliphatic rings. The molecule has 0 saturated carbocycles. The average Bonchev–Trinajstić information content (AvgIpc) is 2.80. The minimum Gasteiger partial charge on any atom is -0.481 e. The highest BCUT2D eigenvalue weighted by atomic mass is 16.5. The third-order valence-corrected chi connectivity index (χ3v) is 3.14. The van der Waals surface area contributed by atoms with Gasteiger partial charge in [-0.05, 0) is 17.6 Å². The molecule has 96 valence electrons. The molecule has 0 fully saturated rings. The Hall–Kier alpha value is -1.65. The smallest absolute Gasteiger partial charge is 0.313 e. The van der Waals surface area contributed by atoms with Gasteiger partial charge in [-0.15, -0.1) is 0 Å². The molecule has 0 spiro atoms. The van der Waals surface area contributed by atoms with Gasteiger partial charge in [-0.25, -0.2) is 0 Å². The highest BCUT2D eigenvalue weighted by molar-refractivity contribution is 5.75. The fourth-order valence-electron chi connectivity index (χ4n) is 2.19. The van der Waals surface area contributed by atoms with Gasteiger partial charge in [-0.2, -0.15) is 0 Å². The molecule has 4 heteroatoms. The number of aliphatic hydroxyl groups is 1. The van der Waals surface area contributed by atoms with Crippen LogP contribution in [0.3, 0.4) is 0 Å². The van der Waals surface area contributed by atoms with Crippen LogP contribution in [0.5, 0.6) is 0 Å². The van der Waals surface area contributed by atoms with Crippen molar-refractivity contribution in [2.45, 2.75) is 19.1 Å². The van der Waals surface area contributed by atoms with Crippen molar-refractivity contribution < 1.29 is 19.7 Å². The summed E-state index contributed by atoms with van der Waals surface area (Å²) in [6, 6.07) is 9.62. The first-order valence-electron chi connectivity index (χ1n) is 5.90. The van der Waals surface area contributed by atoms with Gasteiger partial charge in [0.25, 0.3) is 0 Å². The topological polar surface area (TPSA) is 66.8 Å². The maximum absolute atomic E-state index is 11.2. The van der Waals surface area contributed by atoms with Crippen LogP contribution in [-0.2, 0) is 16.1 Å².